The van der Waals surface area contributed by atoms with E-state index in [1.54, 1.807) is 11.9 Å². The molecule has 1 aromatic heterocycles. The van der Waals surface area contributed by atoms with Gasteiger partial charge in [-0.1, -0.05) is 5.16 Å². The van der Waals surface area contributed by atoms with Crippen LogP contribution in [0, 0.1) is 0 Å². The molecule has 0 aromatic carbocycles. The molecule has 0 saturated carbocycles. The largest absolute Gasteiger partial charge is 0.371 e. The fourth-order valence-electron chi connectivity index (χ4n) is 2.26. The van der Waals surface area contributed by atoms with Crippen molar-refractivity contribution in [1.29, 1.82) is 0 Å². The summed E-state index contributed by atoms with van der Waals surface area (Å²) in [7, 11) is 1.75. The second kappa shape index (κ2) is 8.31. The third-order valence-electron chi connectivity index (χ3n) is 3.37. The number of likely N-dealkylation sites (N-methyl/N-ethyl adjacent to an activating group) is 1. The molecule has 2 heterocycles. The molecule has 21 heavy (non-hydrogen) atoms. The van der Waals surface area contributed by atoms with Crippen molar-refractivity contribution < 1.29 is 14.1 Å². The second-order valence-corrected chi connectivity index (χ2v) is 4.99. The fraction of sp³-hybridized carbons (Fsp3) is 0.769. The van der Waals surface area contributed by atoms with Gasteiger partial charge >= 0.3 is 0 Å². The van der Waals surface area contributed by atoms with Gasteiger partial charge in [-0.15, -0.1) is 12.4 Å². The monoisotopic (exact) mass is 318 g/mol. The summed E-state index contributed by atoms with van der Waals surface area (Å²) in [4.78, 5) is 18.0. The third kappa shape index (κ3) is 4.66. The highest BCUT2D eigenvalue weighted by atomic mass is 35.5. The van der Waals surface area contributed by atoms with E-state index in [0.29, 0.717) is 24.9 Å². The van der Waals surface area contributed by atoms with Gasteiger partial charge in [0.05, 0.1) is 12.6 Å². The number of amides is 1. The van der Waals surface area contributed by atoms with Gasteiger partial charge < -0.3 is 19.5 Å². The number of hydrogen-bond acceptors (Lipinski definition) is 6. The van der Waals surface area contributed by atoms with Gasteiger partial charge in [-0.05, 0) is 33.2 Å². The molecule has 1 N–H and O–H groups in total. The summed E-state index contributed by atoms with van der Waals surface area (Å²) in [6, 6.07) is -0.0789. The van der Waals surface area contributed by atoms with E-state index < -0.39 is 0 Å². The summed E-state index contributed by atoms with van der Waals surface area (Å²) in [6.07, 6.45) is 1.73. The highest BCUT2D eigenvalue weighted by molar-refractivity contribution is 5.85. The standard InChI is InChI=1S/C13H22N4O3.ClH/c1-4-19-9(2)12-15-11(20-16-12)8-17(3)13(18)10-6-5-7-14-10;/h9-10,14H,4-8H2,1-3H3;1H. The summed E-state index contributed by atoms with van der Waals surface area (Å²) < 4.78 is 10.6. The Morgan fingerprint density at radius 1 is 1.62 bits per heavy atom. The van der Waals surface area contributed by atoms with Crippen LogP contribution in [-0.4, -0.2) is 47.2 Å². The molecular formula is C13H23ClN4O3. The van der Waals surface area contributed by atoms with Crippen LogP contribution < -0.4 is 5.32 Å². The Kier molecular flexibility index (Phi) is 7.07. The molecular weight excluding hydrogens is 296 g/mol. The SMILES string of the molecule is CCOC(C)c1noc(CN(C)C(=O)C2CCCN2)n1.Cl. The highest BCUT2D eigenvalue weighted by Crippen LogP contribution is 2.14. The minimum atomic E-state index is -0.199. The maximum absolute atomic E-state index is 12.1. The van der Waals surface area contributed by atoms with Crippen molar-refractivity contribution in [1.82, 2.24) is 20.4 Å². The zero-order chi connectivity index (χ0) is 14.5. The maximum Gasteiger partial charge on any atom is 0.246 e. The Labute approximate surface area is 130 Å². The minimum absolute atomic E-state index is 0. The zero-order valence-corrected chi connectivity index (χ0v) is 13.5. The zero-order valence-electron chi connectivity index (χ0n) is 12.7. The predicted octanol–water partition coefficient (Wildman–Crippen LogP) is 1.30. The number of carbonyl (C=O) groups excluding carboxylic acids is 1. The van der Waals surface area contributed by atoms with E-state index in [1.165, 1.54) is 0 Å². The maximum atomic E-state index is 12.1. The lowest BCUT2D eigenvalue weighted by Gasteiger charge is -2.19. The van der Waals surface area contributed by atoms with Crippen LogP contribution in [0.4, 0.5) is 0 Å². The average molecular weight is 319 g/mol. The van der Waals surface area contributed by atoms with Crippen LogP contribution in [0.5, 0.6) is 0 Å². The molecule has 1 fully saturated rings. The van der Waals surface area contributed by atoms with Gasteiger partial charge in [-0.25, -0.2) is 0 Å². The first-order valence-corrected chi connectivity index (χ1v) is 7.04. The number of nitrogens with zero attached hydrogens (tertiary/aromatic N) is 3. The molecule has 1 aliphatic heterocycles. The van der Waals surface area contributed by atoms with Gasteiger partial charge in [0.15, 0.2) is 5.82 Å². The Morgan fingerprint density at radius 2 is 2.38 bits per heavy atom. The van der Waals surface area contributed by atoms with Crippen LogP contribution in [0.1, 0.15) is 44.5 Å². The van der Waals surface area contributed by atoms with Crippen molar-refractivity contribution in [2.75, 3.05) is 20.2 Å². The lowest BCUT2D eigenvalue weighted by atomic mass is 10.2. The first-order valence-electron chi connectivity index (χ1n) is 7.04. The third-order valence-corrected chi connectivity index (χ3v) is 3.37. The molecule has 1 amide bonds. The molecule has 2 rings (SSSR count). The molecule has 0 spiro atoms. The fourth-order valence-corrected chi connectivity index (χ4v) is 2.26. The van der Waals surface area contributed by atoms with Crippen molar-refractivity contribution in [3.05, 3.63) is 11.7 Å². The summed E-state index contributed by atoms with van der Waals surface area (Å²) in [5.74, 6) is 1.02. The lowest BCUT2D eigenvalue weighted by molar-refractivity contribution is -0.132. The lowest BCUT2D eigenvalue weighted by Crippen LogP contribution is -2.41. The Bertz CT molecular complexity index is 448. The van der Waals surface area contributed by atoms with Gasteiger partial charge in [-0.2, -0.15) is 4.98 Å². The van der Waals surface area contributed by atoms with Crippen molar-refractivity contribution >= 4 is 18.3 Å². The first-order chi connectivity index (χ1) is 9.61. The van der Waals surface area contributed by atoms with Crippen LogP contribution in [0.15, 0.2) is 4.52 Å². The molecule has 1 aromatic rings. The van der Waals surface area contributed by atoms with Crippen LogP contribution in [0.25, 0.3) is 0 Å². The average Bonchev–Trinajstić information content (AvgIpc) is 3.09. The molecule has 2 atom stereocenters. The molecule has 0 aliphatic carbocycles. The van der Waals surface area contributed by atoms with Crippen molar-refractivity contribution in [3.8, 4) is 0 Å². The Hall–Kier alpha value is -1.18. The van der Waals surface area contributed by atoms with E-state index in [-0.39, 0.29) is 30.5 Å². The first kappa shape index (κ1) is 17.9. The van der Waals surface area contributed by atoms with Gasteiger partial charge in [0.2, 0.25) is 11.8 Å². The smallest absolute Gasteiger partial charge is 0.246 e. The minimum Gasteiger partial charge on any atom is -0.371 e. The van der Waals surface area contributed by atoms with Crippen molar-refractivity contribution in [3.63, 3.8) is 0 Å². The quantitative estimate of drug-likeness (QED) is 0.851. The number of ether oxygens (including phenoxy) is 1. The predicted molar refractivity (Wildman–Crippen MR) is 79.1 cm³/mol. The molecule has 8 heteroatoms. The number of hydrogen-bond donors (Lipinski definition) is 1. The Morgan fingerprint density at radius 3 is 3.00 bits per heavy atom. The molecule has 1 aliphatic rings. The molecule has 2 unspecified atom stereocenters. The Balaban J connectivity index is 0.00000220. The number of nitrogens with one attached hydrogen (secondary N) is 1. The van der Waals surface area contributed by atoms with E-state index >= 15 is 0 Å². The topological polar surface area (TPSA) is 80.5 Å². The van der Waals surface area contributed by atoms with E-state index in [0.717, 1.165) is 19.4 Å². The molecule has 120 valence electrons. The van der Waals surface area contributed by atoms with Crippen molar-refractivity contribution in [2.24, 2.45) is 0 Å². The van der Waals surface area contributed by atoms with Gasteiger partial charge in [0.25, 0.3) is 0 Å². The summed E-state index contributed by atoms with van der Waals surface area (Å²) in [6.45, 7) is 5.61. The normalized spacial score (nSPS) is 19.1. The molecule has 0 radical (unpaired) electrons. The van der Waals surface area contributed by atoms with E-state index in [2.05, 4.69) is 15.5 Å². The van der Waals surface area contributed by atoms with Crippen LogP contribution in [-0.2, 0) is 16.1 Å². The number of carbonyl (C=O) groups is 1. The molecule has 1 saturated heterocycles. The van der Waals surface area contributed by atoms with Gasteiger partial charge in [-0.3, -0.25) is 4.79 Å². The van der Waals surface area contributed by atoms with Gasteiger partial charge in [0.1, 0.15) is 6.10 Å². The molecule has 7 nitrogen and oxygen atoms in total. The van der Waals surface area contributed by atoms with Gasteiger partial charge in [0, 0.05) is 13.7 Å². The molecule has 0 bridgehead atoms. The van der Waals surface area contributed by atoms with Crippen LogP contribution in [0.3, 0.4) is 0 Å². The summed E-state index contributed by atoms with van der Waals surface area (Å²) in [5.41, 5.74) is 0. The summed E-state index contributed by atoms with van der Waals surface area (Å²) >= 11 is 0. The van der Waals surface area contributed by atoms with E-state index in [4.69, 9.17) is 9.26 Å². The number of halogens is 1. The number of rotatable bonds is 6. The van der Waals surface area contributed by atoms with E-state index in [9.17, 15) is 4.79 Å². The highest BCUT2D eigenvalue weighted by Gasteiger charge is 2.26. The van der Waals surface area contributed by atoms with E-state index in [1.807, 2.05) is 13.8 Å². The van der Waals surface area contributed by atoms with Crippen LogP contribution in [0.2, 0.25) is 0 Å². The summed E-state index contributed by atoms with van der Waals surface area (Å²) in [5, 5.41) is 7.07. The van der Waals surface area contributed by atoms with Crippen molar-refractivity contribution in [2.45, 2.75) is 45.4 Å². The number of aromatic nitrogens is 2. The van der Waals surface area contributed by atoms with Crippen LogP contribution >= 0.6 is 12.4 Å². The second-order valence-electron chi connectivity index (χ2n) is 4.99.